The summed E-state index contributed by atoms with van der Waals surface area (Å²) in [4.78, 5) is 32.0. The van der Waals surface area contributed by atoms with Crippen LogP contribution in [0.1, 0.15) is 49.2 Å². The lowest BCUT2D eigenvalue weighted by Gasteiger charge is -2.25. The quantitative estimate of drug-likeness (QED) is 0.314. The standard InChI is InChI=1S/C28H27FN2O4/c1-28(2,3)21-15-18(10-13-22(21)35-4)25(32)23-24(17-8-11-19(29)12-9-17)31(27(34)26(23)33)16-20-7-5-6-14-30-20/h5-15,24,32H,16H2,1-4H3/b25-23-. The highest BCUT2D eigenvalue weighted by atomic mass is 19.1. The fraction of sp³-hybridized carbons (Fsp3) is 0.250. The lowest BCUT2D eigenvalue weighted by molar-refractivity contribution is -0.140. The molecule has 0 bridgehead atoms. The molecular formula is C28H27FN2O4. The molecule has 0 radical (unpaired) electrons. The zero-order valence-electron chi connectivity index (χ0n) is 20.1. The van der Waals surface area contributed by atoms with E-state index in [0.29, 0.717) is 22.6 Å². The number of carbonyl (C=O) groups excluding carboxylic acids is 2. The van der Waals surface area contributed by atoms with Gasteiger partial charge in [0.05, 0.1) is 31.0 Å². The van der Waals surface area contributed by atoms with Crippen LogP contribution in [0.25, 0.3) is 5.76 Å². The molecule has 1 saturated heterocycles. The van der Waals surface area contributed by atoms with Gasteiger partial charge in [0.25, 0.3) is 11.7 Å². The van der Waals surface area contributed by atoms with Crippen molar-refractivity contribution < 1.29 is 23.8 Å². The first-order valence-corrected chi connectivity index (χ1v) is 11.2. The third-order valence-electron chi connectivity index (χ3n) is 6.07. The Morgan fingerprint density at radius 1 is 1.09 bits per heavy atom. The van der Waals surface area contributed by atoms with Crippen molar-refractivity contribution in [1.29, 1.82) is 0 Å². The number of likely N-dealkylation sites (tertiary alicyclic amines) is 1. The Labute approximate surface area is 203 Å². The zero-order chi connectivity index (χ0) is 25.3. The third-order valence-corrected chi connectivity index (χ3v) is 6.07. The third kappa shape index (κ3) is 4.67. The molecule has 6 nitrogen and oxygen atoms in total. The number of hydrogen-bond acceptors (Lipinski definition) is 5. The fourth-order valence-electron chi connectivity index (χ4n) is 4.30. The molecular weight excluding hydrogens is 447 g/mol. The number of pyridine rings is 1. The zero-order valence-corrected chi connectivity index (χ0v) is 20.1. The summed E-state index contributed by atoms with van der Waals surface area (Å²) in [6.07, 6.45) is 1.60. The Kier molecular flexibility index (Phi) is 6.43. The molecule has 2 heterocycles. The van der Waals surface area contributed by atoms with Gasteiger partial charge in [0.15, 0.2) is 0 Å². The summed E-state index contributed by atoms with van der Waals surface area (Å²) in [5.41, 5.74) is 1.96. The number of hydrogen-bond donors (Lipinski definition) is 1. The van der Waals surface area contributed by atoms with Crippen LogP contribution in [0.15, 0.2) is 72.4 Å². The number of rotatable bonds is 5. The predicted octanol–water partition coefficient (Wildman–Crippen LogP) is 5.15. The van der Waals surface area contributed by atoms with Crippen LogP contribution in [0.5, 0.6) is 5.75 Å². The second-order valence-electron chi connectivity index (χ2n) is 9.46. The number of halogens is 1. The van der Waals surface area contributed by atoms with E-state index >= 15 is 0 Å². The summed E-state index contributed by atoms with van der Waals surface area (Å²) in [7, 11) is 1.57. The molecule has 0 spiro atoms. The average molecular weight is 475 g/mol. The van der Waals surface area contributed by atoms with Crippen LogP contribution in [0, 0.1) is 5.82 Å². The smallest absolute Gasteiger partial charge is 0.296 e. The van der Waals surface area contributed by atoms with Crippen LogP contribution in [-0.4, -0.2) is 33.8 Å². The summed E-state index contributed by atoms with van der Waals surface area (Å²) in [6.45, 7) is 6.09. The van der Waals surface area contributed by atoms with E-state index < -0.39 is 23.5 Å². The predicted molar refractivity (Wildman–Crippen MR) is 130 cm³/mol. The first kappa shape index (κ1) is 24.1. The van der Waals surface area contributed by atoms with Crippen LogP contribution in [0.3, 0.4) is 0 Å². The first-order valence-electron chi connectivity index (χ1n) is 11.2. The molecule has 1 aliphatic rings. The van der Waals surface area contributed by atoms with Crippen LogP contribution >= 0.6 is 0 Å². The summed E-state index contributed by atoms with van der Waals surface area (Å²) in [5.74, 6) is -1.65. The molecule has 0 aliphatic carbocycles. The van der Waals surface area contributed by atoms with Crippen molar-refractivity contribution in [3.8, 4) is 5.75 Å². The Balaban J connectivity index is 1.89. The molecule has 180 valence electrons. The topological polar surface area (TPSA) is 79.7 Å². The minimum Gasteiger partial charge on any atom is -0.507 e. The number of nitrogens with zero attached hydrogens (tertiary/aromatic N) is 2. The van der Waals surface area contributed by atoms with Gasteiger partial charge in [-0.05, 0) is 53.4 Å². The normalized spacial score (nSPS) is 17.6. The number of aliphatic hydroxyl groups excluding tert-OH is 1. The number of ketones is 1. The van der Waals surface area contributed by atoms with Crippen molar-refractivity contribution >= 4 is 17.4 Å². The molecule has 1 aromatic heterocycles. The molecule has 1 aliphatic heterocycles. The summed E-state index contributed by atoms with van der Waals surface area (Å²) in [6, 6.07) is 15.1. The summed E-state index contributed by atoms with van der Waals surface area (Å²) >= 11 is 0. The maximum Gasteiger partial charge on any atom is 0.296 e. The fourth-order valence-corrected chi connectivity index (χ4v) is 4.30. The van der Waals surface area contributed by atoms with Gasteiger partial charge in [-0.25, -0.2) is 4.39 Å². The Hall–Kier alpha value is -4.00. The van der Waals surface area contributed by atoms with Gasteiger partial charge in [-0.3, -0.25) is 14.6 Å². The average Bonchev–Trinajstić information content (AvgIpc) is 3.08. The van der Waals surface area contributed by atoms with Crippen molar-refractivity contribution in [2.75, 3.05) is 7.11 Å². The molecule has 0 saturated carbocycles. The van der Waals surface area contributed by atoms with E-state index in [1.807, 2.05) is 20.8 Å². The van der Waals surface area contributed by atoms with Gasteiger partial charge in [0.2, 0.25) is 0 Å². The highest BCUT2D eigenvalue weighted by Gasteiger charge is 2.46. The number of benzene rings is 2. The van der Waals surface area contributed by atoms with Gasteiger partial charge in [0.1, 0.15) is 17.3 Å². The SMILES string of the molecule is COc1ccc(/C(O)=C2/C(=O)C(=O)N(Cc3ccccn3)C2c2ccc(F)cc2)cc1C(C)(C)C. The molecule has 1 N–H and O–H groups in total. The minimum absolute atomic E-state index is 0.0532. The Morgan fingerprint density at radius 2 is 1.80 bits per heavy atom. The second kappa shape index (κ2) is 9.33. The van der Waals surface area contributed by atoms with Crippen molar-refractivity contribution in [3.63, 3.8) is 0 Å². The van der Waals surface area contributed by atoms with Gasteiger partial charge < -0.3 is 14.7 Å². The van der Waals surface area contributed by atoms with Crippen molar-refractivity contribution in [2.45, 2.75) is 38.8 Å². The van der Waals surface area contributed by atoms with Crippen molar-refractivity contribution in [3.05, 3.63) is 101 Å². The number of aliphatic hydroxyl groups is 1. The van der Waals surface area contributed by atoms with E-state index in [1.54, 1.807) is 49.7 Å². The molecule has 1 amide bonds. The molecule has 2 aromatic carbocycles. The lowest BCUT2D eigenvalue weighted by Crippen LogP contribution is -2.29. The van der Waals surface area contributed by atoms with Crippen molar-refractivity contribution in [1.82, 2.24) is 9.88 Å². The molecule has 35 heavy (non-hydrogen) atoms. The minimum atomic E-state index is -0.905. The van der Waals surface area contributed by atoms with E-state index in [1.165, 1.54) is 29.2 Å². The van der Waals surface area contributed by atoms with E-state index in [9.17, 15) is 19.1 Å². The second-order valence-corrected chi connectivity index (χ2v) is 9.46. The highest BCUT2D eigenvalue weighted by Crippen LogP contribution is 2.41. The summed E-state index contributed by atoms with van der Waals surface area (Å²) in [5, 5.41) is 11.4. The van der Waals surface area contributed by atoms with Crippen LogP contribution in [0.4, 0.5) is 4.39 Å². The van der Waals surface area contributed by atoms with E-state index in [0.717, 1.165) is 5.56 Å². The first-order chi connectivity index (χ1) is 16.6. The van der Waals surface area contributed by atoms with Gasteiger partial charge in [0, 0.05) is 17.3 Å². The molecule has 1 fully saturated rings. The molecule has 4 rings (SSSR count). The molecule has 1 atom stereocenters. The Morgan fingerprint density at radius 3 is 2.40 bits per heavy atom. The number of carbonyl (C=O) groups is 2. The van der Waals surface area contributed by atoms with Crippen LogP contribution < -0.4 is 4.74 Å². The van der Waals surface area contributed by atoms with Gasteiger partial charge in [-0.2, -0.15) is 0 Å². The van der Waals surface area contributed by atoms with E-state index in [4.69, 9.17) is 4.74 Å². The van der Waals surface area contributed by atoms with Crippen LogP contribution in [-0.2, 0) is 21.5 Å². The maximum atomic E-state index is 13.7. The molecule has 7 heteroatoms. The number of Topliss-reactive ketones (excluding diaryl/α,β-unsaturated/α-hetero) is 1. The highest BCUT2D eigenvalue weighted by molar-refractivity contribution is 6.46. The molecule has 3 aromatic rings. The van der Waals surface area contributed by atoms with E-state index in [2.05, 4.69) is 4.98 Å². The number of aromatic nitrogens is 1. The molecule has 1 unspecified atom stereocenters. The van der Waals surface area contributed by atoms with E-state index in [-0.39, 0.29) is 23.3 Å². The number of methoxy groups -OCH3 is 1. The number of ether oxygens (including phenoxy) is 1. The van der Waals surface area contributed by atoms with Gasteiger partial charge in [-0.1, -0.05) is 39.0 Å². The monoisotopic (exact) mass is 474 g/mol. The summed E-state index contributed by atoms with van der Waals surface area (Å²) < 4.78 is 19.2. The lowest BCUT2D eigenvalue weighted by atomic mass is 9.84. The van der Waals surface area contributed by atoms with Crippen LogP contribution in [0.2, 0.25) is 0 Å². The Bertz CT molecular complexity index is 1290. The number of amides is 1. The van der Waals surface area contributed by atoms with Crippen molar-refractivity contribution in [2.24, 2.45) is 0 Å². The van der Waals surface area contributed by atoms with Gasteiger partial charge >= 0.3 is 0 Å². The van der Waals surface area contributed by atoms with Gasteiger partial charge in [-0.15, -0.1) is 0 Å². The maximum absolute atomic E-state index is 13.7. The largest absolute Gasteiger partial charge is 0.507 e.